The molecule has 2 rings (SSSR count). The summed E-state index contributed by atoms with van der Waals surface area (Å²) in [6.07, 6.45) is 0. The summed E-state index contributed by atoms with van der Waals surface area (Å²) < 4.78 is 12.1. The van der Waals surface area contributed by atoms with Crippen molar-refractivity contribution in [3.05, 3.63) is 52.2 Å². The van der Waals surface area contributed by atoms with Crippen LogP contribution in [-0.2, 0) is 11.3 Å². The molecule has 1 amide bonds. The fraction of sp³-hybridized carbons (Fsp3) is 0.389. The van der Waals surface area contributed by atoms with Gasteiger partial charge in [-0.05, 0) is 51.1 Å². The first-order chi connectivity index (χ1) is 11.9. The van der Waals surface area contributed by atoms with Gasteiger partial charge in [0.2, 0.25) is 5.91 Å². The molecule has 2 aromatic rings. The first-order valence-corrected chi connectivity index (χ1v) is 8.00. The topological polar surface area (TPSA) is 82.4 Å². The number of aryl methyl sites for hydroxylation is 2. The molecule has 7 nitrogen and oxygen atoms in total. The molecule has 0 spiro atoms. The van der Waals surface area contributed by atoms with Gasteiger partial charge in [0.25, 0.3) is 0 Å². The standard InChI is InChI=1S/C18H23N3O4/c1-12-9-14(3)21(18(23)20-12)10-17(22)19-13(2)11-25-16-7-5-15(24-4)6-8-16/h5-9,13H,10-11H2,1-4H3,(H,19,22)/t13-/m0/s1. The van der Waals surface area contributed by atoms with Crippen LogP contribution in [0.3, 0.4) is 0 Å². The lowest BCUT2D eigenvalue weighted by atomic mass is 10.3. The first kappa shape index (κ1) is 18.5. The minimum Gasteiger partial charge on any atom is -0.497 e. The molecule has 0 saturated carbocycles. The molecule has 0 aliphatic heterocycles. The molecule has 0 bridgehead atoms. The monoisotopic (exact) mass is 345 g/mol. The van der Waals surface area contributed by atoms with Crippen molar-refractivity contribution in [3.8, 4) is 11.5 Å². The Kier molecular flexibility index (Phi) is 6.16. The maximum atomic E-state index is 12.1. The van der Waals surface area contributed by atoms with E-state index < -0.39 is 5.69 Å². The third-order valence-corrected chi connectivity index (χ3v) is 3.61. The number of ether oxygens (including phenoxy) is 2. The predicted octanol–water partition coefficient (Wildman–Crippen LogP) is 1.45. The van der Waals surface area contributed by atoms with E-state index in [-0.39, 0.29) is 18.5 Å². The van der Waals surface area contributed by atoms with Gasteiger partial charge in [0.15, 0.2) is 0 Å². The largest absolute Gasteiger partial charge is 0.497 e. The van der Waals surface area contributed by atoms with Crippen molar-refractivity contribution >= 4 is 5.91 Å². The Balaban J connectivity index is 1.86. The van der Waals surface area contributed by atoms with E-state index in [1.807, 2.05) is 6.92 Å². The maximum Gasteiger partial charge on any atom is 0.348 e. The van der Waals surface area contributed by atoms with E-state index in [2.05, 4.69) is 10.3 Å². The zero-order valence-corrected chi connectivity index (χ0v) is 14.9. The molecule has 0 unspecified atom stereocenters. The highest BCUT2D eigenvalue weighted by molar-refractivity contribution is 5.76. The molecule has 134 valence electrons. The van der Waals surface area contributed by atoms with E-state index >= 15 is 0 Å². The van der Waals surface area contributed by atoms with Crippen molar-refractivity contribution in [1.29, 1.82) is 0 Å². The minimum atomic E-state index is -0.421. The normalized spacial score (nSPS) is 11.7. The zero-order valence-electron chi connectivity index (χ0n) is 14.9. The Bertz CT molecular complexity index is 784. The van der Waals surface area contributed by atoms with E-state index in [0.717, 1.165) is 5.75 Å². The van der Waals surface area contributed by atoms with Crippen molar-refractivity contribution in [2.24, 2.45) is 0 Å². The van der Waals surface area contributed by atoms with Crippen LogP contribution in [0, 0.1) is 13.8 Å². The van der Waals surface area contributed by atoms with Crippen molar-refractivity contribution in [3.63, 3.8) is 0 Å². The van der Waals surface area contributed by atoms with E-state index in [4.69, 9.17) is 9.47 Å². The van der Waals surface area contributed by atoms with Crippen molar-refractivity contribution < 1.29 is 14.3 Å². The van der Waals surface area contributed by atoms with Gasteiger partial charge in [-0.25, -0.2) is 4.79 Å². The molecule has 0 aliphatic carbocycles. The Morgan fingerprint density at radius 1 is 1.24 bits per heavy atom. The number of hydrogen-bond donors (Lipinski definition) is 1. The molecule has 1 N–H and O–H groups in total. The third kappa shape index (κ3) is 5.34. The van der Waals surface area contributed by atoms with Crippen LogP contribution in [0.1, 0.15) is 18.3 Å². The van der Waals surface area contributed by atoms with Crippen LogP contribution < -0.4 is 20.5 Å². The maximum absolute atomic E-state index is 12.1. The summed E-state index contributed by atoms with van der Waals surface area (Å²) in [5.41, 5.74) is 0.921. The van der Waals surface area contributed by atoms with Crippen molar-refractivity contribution in [2.75, 3.05) is 13.7 Å². The van der Waals surface area contributed by atoms with Gasteiger partial charge in [0.1, 0.15) is 24.7 Å². The molecular weight excluding hydrogens is 322 g/mol. The number of nitrogens with one attached hydrogen (secondary N) is 1. The number of methoxy groups -OCH3 is 1. The predicted molar refractivity (Wildman–Crippen MR) is 94.1 cm³/mol. The van der Waals surface area contributed by atoms with E-state index in [1.165, 1.54) is 4.57 Å². The zero-order chi connectivity index (χ0) is 18.4. The molecule has 0 radical (unpaired) electrons. The van der Waals surface area contributed by atoms with Gasteiger partial charge in [0, 0.05) is 11.4 Å². The molecule has 1 heterocycles. The lowest BCUT2D eigenvalue weighted by molar-refractivity contribution is -0.122. The second-order valence-corrected chi connectivity index (χ2v) is 5.86. The Morgan fingerprint density at radius 3 is 2.48 bits per heavy atom. The van der Waals surface area contributed by atoms with Crippen molar-refractivity contribution in [1.82, 2.24) is 14.9 Å². The summed E-state index contributed by atoms with van der Waals surface area (Å²) in [6, 6.07) is 8.77. The van der Waals surface area contributed by atoms with Gasteiger partial charge in [0.05, 0.1) is 13.2 Å². The SMILES string of the molecule is COc1ccc(OC[C@H](C)NC(=O)Cn2c(C)cc(C)nc2=O)cc1. The second-order valence-electron chi connectivity index (χ2n) is 5.86. The Labute approximate surface area is 146 Å². The minimum absolute atomic E-state index is 0.0647. The van der Waals surface area contributed by atoms with Gasteiger partial charge < -0.3 is 14.8 Å². The van der Waals surface area contributed by atoms with Crippen LogP contribution in [0.15, 0.2) is 35.1 Å². The molecule has 1 aromatic carbocycles. The summed E-state index contributed by atoms with van der Waals surface area (Å²) in [5, 5.41) is 2.81. The van der Waals surface area contributed by atoms with Gasteiger partial charge in [-0.2, -0.15) is 4.98 Å². The lowest BCUT2D eigenvalue weighted by Crippen LogP contribution is -2.41. The highest BCUT2D eigenvalue weighted by atomic mass is 16.5. The van der Waals surface area contributed by atoms with Crippen LogP contribution in [-0.4, -0.2) is 35.2 Å². The summed E-state index contributed by atoms with van der Waals surface area (Å²) >= 11 is 0. The lowest BCUT2D eigenvalue weighted by Gasteiger charge is -2.16. The molecule has 1 aromatic heterocycles. The summed E-state index contributed by atoms with van der Waals surface area (Å²) in [6.45, 7) is 5.62. The summed E-state index contributed by atoms with van der Waals surface area (Å²) in [5.74, 6) is 1.18. The van der Waals surface area contributed by atoms with Gasteiger partial charge >= 0.3 is 5.69 Å². The molecule has 25 heavy (non-hydrogen) atoms. The smallest absolute Gasteiger partial charge is 0.348 e. The van der Waals surface area contributed by atoms with Crippen LogP contribution in [0.2, 0.25) is 0 Å². The molecule has 7 heteroatoms. The highest BCUT2D eigenvalue weighted by Crippen LogP contribution is 2.17. The number of aromatic nitrogens is 2. The van der Waals surface area contributed by atoms with E-state index in [1.54, 1.807) is 51.3 Å². The number of hydrogen-bond acceptors (Lipinski definition) is 5. The average molecular weight is 345 g/mol. The summed E-state index contributed by atoms with van der Waals surface area (Å²) in [7, 11) is 1.60. The fourth-order valence-electron chi connectivity index (χ4n) is 2.37. The number of rotatable bonds is 7. The number of carbonyl (C=O) groups excluding carboxylic acids is 1. The van der Waals surface area contributed by atoms with Gasteiger partial charge in [-0.3, -0.25) is 9.36 Å². The van der Waals surface area contributed by atoms with Crippen LogP contribution >= 0.6 is 0 Å². The summed E-state index contributed by atoms with van der Waals surface area (Å²) in [4.78, 5) is 27.9. The Morgan fingerprint density at radius 2 is 1.88 bits per heavy atom. The Hall–Kier alpha value is -2.83. The third-order valence-electron chi connectivity index (χ3n) is 3.61. The molecule has 0 aliphatic rings. The molecule has 1 atom stereocenters. The number of amides is 1. The number of carbonyl (C=O) groups is 1. The molecule has 0 fully saturated rings. The molecular formula is C18H23N3O4. The number of benzene rings is 1. The van der Waals surface area contributed by atoms with Crippen molar-refractivity contribution in [2.45, 2.75) is 33.4 Å². The fourth-order valence-corrected chi connectivity index (χ4v) is 2.37. The second kappa shape index (κ2) is 8.32. The van der Waals surface area contributed by atoms with E-state index in [0.29, 0.717) is 23.7 Å². The highest BCUT2D eigenvalue weighted by Gasteiger charge is 2.12. The number of nitrogens with zero attached hydrogens (tertiary/aromatic N) is 2. The van der Waals surface area contributed by atoms with E-state index in [9.17, 15) is 9.59 Å². The van der Waals surface area contributed by atoms with Crippen LogP contribution in [0.5, 0.6) is 11.5 Å². The van der Waals surface area contributed by atoms with Crippen LogP contribution in [0.25, 0.3) is 0 Å². The quantitative estimate of drug-likeness (QED) is 0.821. The van der Waals surface area contributed by atoms with Gasteiger partial charge in [-0.1, -0.05) is 0 Å². The average Bonchev–Trinajstić information content (AvgIpc) is 2.56. The van der Waals surface area contributed by atoms with Gasteiger partial charge in [-0.15, -0.1) is 0 Å². The van der Waals surface area contributed by atoms with Crippen LogP contribution in [0.4, 0.5) is 0 Å². The first-order valence-electron chi connectivity index (χ1n) is 8.00. The molecule has 0 saturated heterocycles.